The van der Waals surface area contributed by atoms with E-state index in [9.17, 15) is 9.90 Å². The summed E-state index contributed by atoms with van der Waals surface area (Å²) in [6.07, 6.45) is 6.53. The molecule has 4 atom stereocenters. The molecule has 3 nitrogen and oxygen atoms in total. The number of aliphatic hydroxyl groups is 1. The average Bonchev–Trinajstić information content (AvgIpc) is 3.01. The molecule has 0 heterocycles. The monoisotopic (exact) mass is 386 g/mol. The van der Waals surface area contributed by atoms with Crippen molar-refractivity contribution in [3.63, 3.8) is 0 Å². The largest absolute Gasteiger partial charge is 0.511 e. The first-order chi connectivity index (χ1) is 14.0. The van der Waals surface area contributed by atoms with Gasteiger partial charge in [-0.05, 0) is 72.9 Å². The molecule has 3 heteroatoms. The van der Waals surface area contributed by atoms with Crippen molar-refractivity contribution in [2.75, 3.05) is 0 Å². The molecule has 1 N–H and O–H groups in total. The molecule has 2 bridgehead atoms. The molecule has 0 amide bonds. The minimum absolute atomic E-state index is 0.0333. The lowest BCUT2D eigenvalue weighted by molar-refractivity contribution is -0.120. The fourth-order valence-electron chi connectivity index (χ4n) is 5.58. The van der Waals surface area contributed by atoms with Crippen LogP contribution in [0.25, 0.3) is 5.57 Å². The standard InChI is InChI=1S/C26H26O3/c1-15-12-20(29-14-17-6-4-3-5-7-17)13-16(2)21(15)24-25(27)22-18-8-9-19(11-10-18)23(22)26(24)28/h3-9,12-13,18-19,22-23,27H,10-11,14H2,1-2H3/t18-,19+,22?,23?/m1/s1. The molecular weight excluding hydrogens is 360 g/mol. The topological polar surface area (TPSA) is 46.5 Å². The summed E-state index contributed by atoms with van der Waals surface area (Å²) < 4.78 is 5.99. The van der Waals surface area contributed by atoms with Crippen LogP contribution in [0.2, 0.25) is 0 Å². The summed E-state index contributed by atoms with van der Waals surface area (Å²) in [6, 6.07) is 14.0. The zero-order chi connectivity index (χ0) is 20.1. The number of hydrogen-bond donors (Lipinski definition) is 1. The lowest BCUT2D eigenvalue weighted by Crippen LogP contribution is -2.38. The average molecular weight is 386 g/mol. The predicted molar refractivity (Wildman–Crippen MR) is 114 cm³/mol. The highest BCUT2D eigenvalue weighted by molar-refractivity contribution is 6.25. The Morgan fingerprint density at radius 1 is 0.966 bits per heavy atom. The Morgan fingerprint density at radius 3 is 2.17 bits per heavy atom. The van der Waals surface area contributed by atoms with Crippen LogP contribution < -0.4 is 4.74 Å². The van der Waals surface area contributed by atoms with Gasteiger partial charge >= 0.3 is 0 Å². The smallest absolute Gasteiger partial charge is 0.171 e. The molecule has 2 unspecified atom stereocenters. The van der Waals surface area contributed by atoms with E-state index in [2.05, 4.69) is 12.2 Å². The molecule has 29 heavy (non-hydrogen) atoms. The van der Waals surface area contributed by atoms with Crippen molar-refractivity contribution in [2.24, 2.45) is 23.7 Å². The van der Waals surface area contributed by atoms with Crippen LogP contribution in [-0.4, -0.2) is 10.9 Å². The molecule has 148 valence electrons. The third kappa shape index (κ3) is 2.91. The van der Waals surface area contributed by atoms with Gasteiger partial charge in [0.2, 0.25) is 0 Å². The molecule has 2 aromatic carbocycles. The molecule has 2 aromatic rings. The van der Waals surface area contributed by atoms with E-state index >= 15 is 0 Å². The van der Waals surface area contributed by atoms with Crippen molar-refractivity contribution in [1.82, 2.24) is 0 Å². The van der Waals surface area contributed by atoms with Crippen LogP contribution >= 0.6 is 0 Å². The van der Waals surface area contributed by atoms with Gasteiger partial charge in [0.25, 0.3) is 0 Å². The third-order valence-electron chi connectivity index (χ3n) is 6.87. The number of ether oxygens (including phenoxy) is 1. The number of aryl methyl sites for hydroxylation is 2. The highest BCUT2D eigenvalue weighted by atomic mass is 16.5. The van der Waals surface area contributed by atoms with Crippen LogP contribution in [-0.2, 0) is 11.4 Å². The molecule has 0 aliphatic heterocycles. The fraction of sp³-hybridized carbons (Fsp3) is 0.346. The zero-order valence-electron chi connectivity index (χ0n) is 16.9. The van der Waals surface area contributed by atoms with Crippen LogP contribution in [0.15, 0.2) is 60.4 Å². The van der Waals surface area contributed by atoms with E-state index in [0.717, 1.165) is 40.8 Å². The van der Waals surface area contributed by atoms with E-state index in [1.165, 1.54) is 0 Å². The minimum Gasteiger partial charge on any atom is -0.511 e. The quantitative estimate of drug-likeness (QED) is 0.700. The van der Waals surface area contributed by atoms with Crippen molar-refractivity contribution in [3.8, 4) is 5.75 Å². The summed E-state index contributed by atoms with van der Waals surface area (Å²) in [7, 11) is 0. The Morgan fingerprint density at radius 2 is 1.59 bits per heavy atom. The molecule has 6 rings (SSSR count). The van der Waals surface area contributed by atoms with E-state index in [-0.39, 0.29) is 23.5 Å². The van der Waals surface area contributed by atoms with Gasteiger partial charge < -0.3 is 9.84 Å². The summed E-state index contributed by atoms with van der Waals surface area (Å²) >= 11 is 0. The molecule has 0 spiro atoms. The van der Waals surface area contributed by atoms with E-state index in [1.54, 1.807) is 0 Å². The van der Waals surface area contributed by atoms with Gasteiger partial charge in [-0.3, -0.25) is 4.79 Å². The van der Waals surface area contributed by atoms with Crippen LogP contribution in [0, 0.1) is 37.5 Å². The van der Waals surface area contributed by atoms with Gasteiger partial charge in [0.15, 0.2) is 5.78 Å². The fourth-order valence-corrected chi connectivity index (χ4v) is 5.58. The number of fused-ring (bicyclic) bond motifs is 1. The number of benzene rings is 2. The maximum atomic E-state index is 13.4. The van der Waals surface area contributed by atoms with Crippen LogP contribution in [0.4, 0.5) is 0 Å². The SMILES string of the molecule is Cc1cc(OCc2ccccc2)cc(C)c1C1=C(O)C2C(C1=O)[C@H]1C=C[C@@H]2CC1. The Hall–Kier alpha value is -2.81. The molecule has 4 aliphatic carbocycles. The second-order valence-corrected chi connectivity index (χ2v) is 8.67. The Balaban J connectivity index is 1.46. The van der Waals surface area contributed by atoms with Crippen LogP contribution in [0.3, 0.4) is 0 Å². The Kier molecular flexibility index (Phi) is 4.34. The summed E-state index contributed by atoms with van der Waals surface area (Å²) in [6.45, 7) is 4.51. The number of ketones is 1. The first kappa shape index (κ1) is 18.2. The van der Waals surface area contributed by atoms with Gasteiger partial charge in [0.05, 0.1) is 5.57 Å². The highest BCUT2D eigenvalue weighted by Gasteiger charge is 2.53. The summed E-state index contributed by atoms with van der Waals surface area (Å²) in [5.74, 6) is 1.67. The number of carbonyl (C=O) groups is 1. The molecule has 1 saturated carbocycles. The maximum absolute atomic E-state index is 13.4. The highest BCUT2D eigenvalue weighted by Crippen LogP contribution is 2.54. The maximum Gasteiger partial charge on any atom is 0.171 e. The molecule has 0 radical (unpaired) electrons. The van der Waals surface area contributed by atoms with Crippen molar-refractivity contribution < 1.29 is 14.6 Å². The van der Waals surface area contributed by atoms with Gasteiger partial charge in [-0.1, -0.05) is 42.5 Å². The van der Waals surface area contributed by atoms with Gasteiger partial charge in [-0.15, -0.1) is 0 Å². The molecule has 1 fully saturated rings. The summed E-state index contributed by atoms with van der Waals surface area (Å²) in [5, 5.41) is 11.1. The first-order valence-corrected chi connectivity index (χ1v) is 10.5. The van der Waals surface area contributed by atoms with Crippen molar-refractivity contribution >= 4 is 11.4 Å². The summed E-state index contributed by atoms with van der Waals surface area (Å²) in [4.78, 5) is 13.4. The third-order valence-corrected chi connectivity index (χ3v) is 6.87. The predicted octanol–water partition coefficient (Wildman–Crippen LogP) is 5.56. The summed E-state index contributed by atoms with van der Waals surface area (Å²) in [5.41, 5.74) is 4.49. The van der Waals surface area contributed by atoms with Gasteiger partial charge in [-0.2, -0.15) is 0 Å². The van der Waals surface area contributed by atoms with Crippen molar-refractivity contribution in [1.29, 1.82) is 0 Å². The zero-order valence-corrected chi connectivity index (χ0v) is 16.9. The lowest BCUT2D eigenvalue weighted by atomic mass is 9.63. The van der Waals surface area contributed by atoms with Gasteiger partial charge in [0.1, 0.15) is 18.1 Å². The molecule has 4 aliphatic rings. The number of rotatable bonds is 4. The van der Waals surface area contributed by atoms with E-state index in [0.29, 0.717) is 23.9 Å². The number of hydrogen-bond acceptors (Lipinski definition) is 3. The Labute approximate surface area is 171 Å². The number of aliphatic hydroxyl groups excluding tert-OH is 1. The normalized spacial score (nSPS) is 27.4. The molecular formula is C26H26O3. The first-order valence-electron chi connectivity index (χ1n) is 10.5. The second kappa shape index (κ2) is 6.91. The van der Waals surface area contributed by atoms with E-state index < -0.39 is 0 Å². The molecule has 0 aromatic heterocycles. The van der Waals surface area contributed by atoms with E-state index in [4.69, 9.17) is 4.74 Å². The van der Waals surface area contributed by atoms with E-state index in [1.807, 2.05) is 56.3 Å². The minimum atomic E-state index is -0.0819. The van der Waals surface area contributed by atoms with Crippen LogP contribution in [0.1, 0.15) is 35.1 Å². The second-order valence-electron chi connectivity index (χ2n) is 8.67. The van der Waals surface area contributed by atoms with Crippen molar-refractivity contribution in [3.05, 3.63) is 82.6 Å². The molecule has 0 saturated heterocycles. The number of Topliss-reactive ketones (excluding diaryl/α,β-unsaturated/α-hetero) is 1. The van der Waals surface area contributed by atoms with Gasteiger partial charge in [0, 0.05) is 11.8 Å². The van der Waals surface area contributed by atoms with Crippen LogP contribution in [0.5, 0.6) is 5.75 Å². The number of carbonyl (C=O) groups excluding carboxylic acids is 1. The van der Waals surface area contributed by atoms with Gasteiger partial charge in [-0.25, -0.2) is 0 Å². The lowest BCUT2D eigenvalue weighted by Gasteiger charge is -2.40. The van der Waals surface area contributed by atoms with Crippen molar-refractivity contribution in [2.45, 2.75) is 33.3 Å². The number of allylic oxidation sites excluding steroid dienone is 4. The Bertz CT molecular complexity index is 1010.